The molecule has 2 nitrogen and oxygen atoms in total. The van der Waals surface area contributed by atoms with E-state index in [0.717, 1.165) is 0 Å². The zero-order valence-corrected chi connectivity index (χ0v) is 15.3. The molecule has 0 aromatic carbocycles. The fourth-order valence-corrected chi connectivity index (χ4v) is 1.83. The van der Waals surface area contributed by atoms with E-state index in [9.17, 15) is 101 Å². The highest BCUT2D eigenvalue weighted by Gasteiger charge is 2.98. The van der Waals surface area contributed by atoms with Gasteiger partial charge in [-0.05, 0) is 0 Å². The highest BCUT2D eigenvalue weighted by atomic mass is 19.4. The van der Waals surface area contributed by atoms with E-state index in [0.29, 0.717) is 0 Å². The van der Waals surface area contributed by atoms with Gasteiger partial charge in [-0.1, -0.05) is 0 Å². The van der Waals surface area contributed by atoms with E-state index in [-0.39, 0.29) is 0 Å². The van der Waals surface area contributed by atoms with Gasteiger partial charge in [0.15, 0.2) is 0 Å². The number of esters is 1. The van der Waals surface area contributed by atoms with Crippen molar-refractivity contribution in [2.45, 2.75) is 59.5 Å². The molecule has 0 rings (SSSR count). The molecule has 0 amide bonds. The predicted molar refractivity (Wildman–Crippen MR) is 62.6 cm³/mol. The first kappa shape index (κ1) is 33.9. The monoisotopic (exact) mass is 596 g/mol. The maximum atomic E-state index is 13.4. The molecule has 0 aliphatic heterocycles. The minimum atomic E-state index is -9.32. The molecule has 0 atom stereocenters. The number of hydrogen-bond acceptors (Lipinski definition) is 2. The Morgan fingerprint density at radius 3 is 0.861 bits per heavy atom. The summed E-state index contributed by atoms with van der Waals surface area (Å²) in [5, 5.41) is 0. The molecule has 0 bridgehead atoms. The van der Waals surface area contributed by atoms with Gasteiger partial charge in [-0.2, -0.15) is 92.2 Å². The van der Waals surface area contributed by atoms with Crippen LogP contribution in [0.3, 0.4) is 0 Å². The van der Waals surface area contributed by atoms with Crippen molar-refractivity contribution in [3.05, 3.63) is 0 Å². The van der Waals surface area contributed by atoms with Crippen LogP contribution in [0.4, 0.5) is 96.6 Å². The lowest BCUT2D eigenvalue weighted by molar-refractivity contribution is -0.473. The van der Waals surface area contributed by atoms with E-state index in [1.165, 1.54) is 0 Å². The highest BCUT2D eigenvalue weighted by molar-refractivity contribution is 5.79. The summed E-state index contributed by atoms with van der Waals surface area (Å²) in [5.74, 6) is -83.9. The molecule has 0 saturated heterocycles. The molecule has 0 aliphatic rings. The zero-order chi connectivity index (χ0) is 30.0. The Hall–Kier alpha value is -2.07. The van der Waals surface area contributed by atoms with Crippen LogP contribution in [0.2, 0.25) is 0 Å². The molecule has 0 aromatic rings. The van der Waals surface area contributed by atoms with E-state index in [1.807, 2.05) is 0 Å². The summed E-state index contributed by atoms with van der Waals surface area (Å²) in [6, 6.07) is 0. The van der Waals surface area contributed by atoms with Crippen molar-refractivity contribution in [1.82, 2.24) is 0 Å². The minimum Gasteiger partial charge on any atom is -0.429 e. The highest BCUT2D eigenvalue weighted by Crippen LogP contribution is 2.66. The summed E-state index contributed by atoms with van der Waals surface area (Å²) in [6.45, 7) is -2.95. The van der Waals surface area contributed by atoms with Gasteiger partial charge < -0.3 is 4.74 Å². The number of alkyl halides is 22. The summed E-state index contributed by atoms with van der Waals surface area (Å²) in [5.41, 5.74) is 0. The quantitative estimate of drug-likeness (QED) is 0.207. The number of ether oxygens (including phenoxy) is 1. The van der Waals surface area contributed by atoms with Crippen LogP contribution >= 0.6 is 0 Å². The van der Waals surface area contributed by atoms with Crippen LogP contribution < -0.4 is 0 Å². The number of rotatable bonds is 10. The van der Waals surface area contributed by atoms with Gasteiger partial charge in [0.25, 0.3) is 0 Å². The SMILES string of the molecule is O=C(OCF)C(F)(F)C(F)(F)C(F)(F)C(F)(F)C(F)(F)C(F)(F)C(F)(F)C(F)(F)C(F)(F)C(F)(F)F. The van der Waals surface area contributed by atoms with Crippen LogP contribution in [-0.4, -0.2) is 72.3 Å². The van der Waals surface area contributed by atoms with Crippen molar-refractivity contribution in [3.8, 4) is 0 Å². The molecule has 0 heterocycles. The Balaban J connectivity index is 7.09. The summed E-state index contributed by atoms with van der Waals surface area (Å²) in [4.78, 5) is 10.4. The molecule has 0 N–H and O–H groups in total. The third-order valence-electron chi connectivity index (χ3n) is 3.95. The lowest BCUT2D eigenvalue weighted by Gasteiger charge is -2.44. The zero-order valence-electron chi connectivity index (χ0n) is 15.3. The van der Waals surface area contributed by atoms with Gasteiger partial charge in [-0.25, -0.2) is 9.18 Å². The number of halogens is 22. The second-order valence-electron chi connectivity index (χ2n) is 6.21. The van der Waals surface area contributed by atoms with Crippen molar-refractivity contribution < 1.29 is 106 Å². The van der Waals surface area contributed by atoms with Gasteiger partial charge in [0.05, 0.1) is 0 Å². The Morgan fingerprint density at radius 2 is 0.639 bits per heavy atom. The smallest absolute Gasteiger partial charge is 0.429 e. The third kappa shape index (κ3) is 3.95. The first-order valence-corrected chi connectivity index (χ1v) is 7.43. The van der Waals surface area contributed by atoms with Gasteiger partial charge in [0, 0.05) is 0 Å². The molecular weight excluding hydrogens is 594 g/mol. The van der Waals surface area contributed by atoms with Crippen LogP contribution in [-0.2, 0) is 9.53 Å². The number of hydrogen-bond donors (Lipinski definition) is 0. The summed E-state index contributed by atoms with van der Waals surface area (Å²) in [7, 11) is 0. The molecule has 0 spiro atoms. The van der Waals surface area contributed by atoms with Gasteiger partial charge in [-0.3, -0.25) is 0 Å². The fraction of sp³-hybridized carbons (Fsp3) is 0.917. The van der Waals surface area contributed by atoms with Crippen molar-refractivity contribution in [3.63, 3.8) is 0 Å². The van der Waals surface area contributed by atoms with Gasteiger partial charge in [0.1, 0.15) is 0 Å². The second-order valence-corrected chi connectivity index (χ2v) is 6.21. The summed E-state index contributed by atoms with van der Waals surface area (Å²) in [6.07, 6.45) is -8.07. The lowest BCUT2D eigenvalue weighted by atomic mass is 9.86. The van der Waals surface area contributed by atoms with E-state index < -0.39 is 72.3 Å². The van der Waals surface area contributed by atoms with Crippen LogP contribution in [0.5, 0.6) is 0 Å². The Labute approximate surface area is 180 Å². The van der Waals surface area contributed by atoms with Crippen molar-refractivity contribution in [2.75, 3.05) is 6.86 Å². The predicted octanol–water partition coefficient (Wildman–Crippen LogP) is 6.74. The molecular formula is C12H2F22O2. The maximum absolute atomic E-state index is 13.4. The third-order valence-corrected chi connectivity index (χ3v) is 3.95. The van der Waals surface area contributed by atoms with E-state index in [4.69, 9.17) is 0 Å². The minimum absolute atomic E-state index is 2.36. The Bertz CT molecular complexity index is 821. The lowest BCUT2D eigenvalue weighted by Crippen LogP contribution is -2.77. The molecule has 0 aromatic heterocycles. The normalized spacial score (nSPS) is 16.3. The molecule has 24 heteroatoms. The Morgan fingerprint density at radius 1 is 0.417 bits per heavy atom. The van der Waals surface area contributed by atoms with Gasteiger partial charge in [-0.15, -0.1) is 0 Å². The van der Waals surface area contributed by atoms with Gasteiger partial charge >= 0.3 is 65.4 Å². The Kier molecular flexibility index (Phi) is 7.99. The molecule has 36 heavy (non-hydrogen) atoms. The largest absolute Gasteiger partial charge is 0.460 e. The first-order chi connectivity index (χ1) is 15.2. The van der Waals surface area contributed by atoms with Crippen LogP contribution in [0.25, 0.3) is 0 Å². The van der Waals surface area contributed by atoms with Crippen molar-refractivity contribution in [2.24, 2.45) is 0 Å². The fourth-order valence-electron chi connectivity index (χ4n) is 1.83. The number of carbonyl (C=O) groups excluding carboxylic acids is 1. The topological polar surface area (TPSA) is 26.3 Å². The van der Waals surface area contributed by atoms with E-state index in [2.05, 4.69) is 4.74 Å². The molecule has 0 aliphatic carbocycles. The van der Waals surface area contributed by atoms with E-state index >= 15 is 0 Å². The van der Waals surface area contributed by atoms with Crippen molar-refractivity contribution in [1.29, 1.82) is 0 Å². The molecule has 0 saturated carbocycles. The summed E-state index contributed by atoms with van der Waals surface area (Å²) >= 11 is 0. The average molecular weight is 596 g/mol. The van der Waals surface area contributed by atoms with Gasteiger partial charge in [0.2, 0.25) is 6.86 Å². The van der Waals surface area contributed by atoms with Crippen LogP contribution in [0, 0.1) is 0 Å². The maximum Gasteiger partial charge on any atom is 0.460 e. The van der Waals surface area contributed by atoms with Crippen LogP contribution in [0.1, 0.15) is 0 Å². The summed E-state index contributed by atoms with van der Waals surface area (Å²) < 4.78 is 287. The molecule has 0 fully saturated rings. The average Bonchev–Trinajstić information content (AvgIpc) is 2.65. The second kappa shape index (κ2) is 8.48. The van der Waals surface area contributed by atoms with E-state index in [1.54, 1.807) is 0 Å². The van der Waals surface area contributed by atoms with Crippen molar-refractivity contribution >= 4 is 5.97 Å². The molecule has 216 valence electrons. The first-order valence-electron chi connectivity index (χ1n) is 7.43. The standard InChI is InChI=1S/C12H2F22O2/c13-1-36-2(35)3(14,15)4(16,17)5(18,19)6(20,21)7(22,23)8(24,25)9(26,27)10(28,29)11(30,31)12(32,33)34/h1H2. The molecule has 0 radical (unpaired) electrons. The molecule has 0 unspecified atom stereocenters. The van der Waals surface area contributed by atoms with Crippen LogP contribution in [0.15, 0.2) is 0 Å². The number of carbonyl (C=O) groups is 1.